The van der Waals surface area contributed by atoms with Crippen LogP contribution < -0.4 is 21.3 Å². The minimum Gasteiger partial charge on any atom is -0.491 e. The second-order valence-electron chi connectivity index (χ2n) is 7.11. The second-order valence-corrected chi connectivity index (χ2v) is 7.11. The summed E-state index contributed by atoms with van der Waals surface area (Å²) in [5.41, 5.74) is 0.505. The van der Waals surface area contributed by atoms with Crippen LogP contribution in [0.1, 0.15) is 19.4 Å². The molecule has 0 bridgehead atoms. The summed E-state index contributed by atoms with van der Waals surface area (Å²) in [5, 5.41) is 13.6. The highest BCUT2D eigenvalue weighted by atomic mass is 16.5. The number of aliphatic hydroxyl groups excluding tert-OH is 1. The van der Waals surface area contributed by atoms with Crippen molar-refractivity contribution in [1.82, 2.24) is 19.1 Å². The molecule has 0 saturated carbocycles. The van der Waals surface area contributed by atoms with Crippen molar-refractivity contribution in [3.05, 3.63) is 50.7 Å². The Kier molecular flexibility index (Phi) is 5.55. The highest BCUT2D eigenvalue weighted by molar-refractivity contribution is 5.74. The van der Waals surface area contributed by atoms with Gasteiger partial charge in [-0.3, -0.25) is 14.3 Å². The van der Waals surface area contributed by atoms with Gasteiger partial charge in [-0.05, 0) is 32.9 Å². The minimum atomic E-state index is -0.886. The fourth-order valence-corrected chi connectivity index (χ4v) is 2.87. The molecule has 0 aliphatic rings. The SMILES string of the molecule is Cc1ccc(OC[C@H](O)Cn2c(NC(C)C)nc3c2c(=O)[nH]c(=O)n3C)cc1. The summed E-state index contributed by atoms with van der Waals surface area (Å²) in [5.74, 6) is 1.06. The summed E-state index contributed by atoms with van der Waals surface area (Å²) in [6.07, 6.45) is -0.886. The Morgan fingerprint density at radius 1 is 1.25 bits per heavy atom. The summed E-state index contributed by atoms with van der Waals surface area (Å²) < 4.78 is 8.48. The van der Waals surface area contributed by atoms with Crippen LogP contribution in [0.3, 0.4) is 0 Å². The molecule has 150 valence electrons. The second kappa shape index (κ2) is 7.89. The highest BCUT2D eigenvalue weighted by Gasteiger charge is 2.20. The summed E-state index contributed by atoms with van der Waals surface area (Å²) in [6.45, 7) is 5.98. The number of aromatic nitrogens is 4. The van der Waals surface area contributed by atoms with Crippen LogP contribution in [0.2, 0.25) is 0 Å². The molecule has 9 nitrogen and oxygen atoms in total. The molecule has 2 heterocycles. The van der Waals surface area contributed by atoms with E-state index < -0.39 is 17.4 Å². The number of aromatic amines is 1. The number of ether oxygens (including phenoxy) is 1. The van der Waals surface area contributed by atoms with Crippen molar-refractivity contribution in [3.8, 4) is 5.75 Å². The Morgan fingerprint density at radius 3 is 2.57 bits per heavy atom. The minimum absolute atomic E-state index is 0.0487. The number of fused-ring (bicyclic) bond motifs is 1. The third kappa shape index (κ3) is 4.09. The molecule has 0 amide bonds. The van der Waals surface area contributed by atoms with Crippen LogP contribution in [0.15, 0.2) is 33.9 Å². The lowest BCUT2D eigenvalue weighted by Crippen LogP contribution is -2.31. The van der Waals surface area contributed by atoms with E-state index in [0.717, 1.165) is 5.56 Å². The number of nitrogens with zero attached hydrogens (tertiary/aromatic N) is 3. The molecule has 9 heteroatoms. The number of aliphatic hydroxyl groups is 1. The average Bonchev–Trinajstić information content (AvgIpc) is 2.97. The fraction of sp³-hybridized carbons (Fsp3) is 0.421. The summed E-state index contributed by atoms with van der Waals surface area (Å²) in [7, 11) is 1.54. The monoisotopic (exact) mass is 387 g/mol. The van der Waals surface area contributed by atoms with Crippen LogP contribution in [0.5, 0.6) is 5.75 Å². The lowest BCUT2D eigenvalue weighted by atomic mass is 10.2. The number of hydrogen-bond acceptors (Lipinski definition) is 6. The van der Waals surface area contributed by atoms with Crippen LogP contribution in [0, 0.1) is 6.92 Å². The Hall–Kier alpha value is -3.07. The average molecular weight is 387 g/mol. The van der Waals surface area contributed by atoms with Gasteiger partial charge in [-0.2, -0.15) is 4.98 Å². The van der Waals surface area contributed by atoms with Crippen molar-refractivity contribution < 1.29 is 9.84 Å². The first-order chi connectivity index (χ1) is 13.3. The molecule has 0 unspecified atom stereocenters. The molecular weight excluding hydrogens is 362 g/mol. The van der Waals surface area contributed by atoms with Gasteiger partial charge < -0.3 is 19.7 Å². The number of rotatable bonds is 7. The van der Waals surface area contributed by atoms with E-state index in [1.165, 1.54) is 11.6 Å². The highest BCUT2D eigenvalue weighted by Crippen LogP contribution is 2.17. The van der Waals surface area contributed by atoms with Gasteiger partial charge in [0.25, 0.3) is 5.56 Å². The van der Waals surface area contributed by atoms with E-state index in [0.29, 0.717) is 11.7 Å². The predicted octanol–water partition coefficient (Wildman–Crippen LogP) is 0.992. The smallest absolute Gasteiger partial charge is 0.329 e. The molecule has 1 aromatic carbocycles. The van der Waals surface area contributed by atoms with E-state index in [-0.39, 0.29) is 30.4 Å². The predicted molar refractivity (Wildman–Crippen MR) is 107 cm³/mol. The molecular formula is C19H25N5O4. The molecule has 0 spiro atoms. The molecule has 3 rings (SSSR count). The van der Waals surface area contributed by atoms with E-state index >= 15 is 0 Å². The molecule has 0 radical (unpaired) electrons. The maximum Gasteiger partial charge on any atom is 0.329 e. The molecule has 0 aliphatic heterocycles. The topological polar surface area (TPSA) is 114 Å². The lowest BCUT2D eigenvalue weighted by molar-refractivity contribution is 0.0938. The maximum absolute atomic E-state index is 12.4. The first kappa shape index (κ1) is 19.7. The third-order valence-corrected chi connectivity index (χ3v) is 4.28. The zero-order valence-electron chi connectivity index (χ0n) is 16.4. The first-order valence-corrected chi connectivity index (χ1v) is 9.10. The number of H-pyrrole nitrogens is 1. The van der Waals surface area contributed by atoms with E-state index in [2.05, 4.69) is 15.3 Å². The number of anilines is 1. The molecule has 28 heavy (non-hydrogen) atoms. The Bertz CT molecular complexity index is 1080. The summed E-state index contributed by atoms with van der Waals surface area (Å²) in [6, 6.07) is 7.57. The summed E-state index contributed by atoms with van der Waals surface area (Å²) in [4.78, 5) is 30.9. The van der Waals surface area contributed by atoms with Gasteiger partial charge in [0.15, 0.2) is 11.2 Å². The van der Waals surface area contributed by atoms with Crippen LogP contribution >= 0.6 is 0 Å². The first-order valence-electron chi connectivity index (χ1n) is 9.10. The summed E-state index contributed by atoms with van der Waals surface area (Å²) >= 11 is 0. The zero-order chi connectivity index (χ0) is 20.4. The Labute approximate surface area is 161 Å². The molecule has 2 aromatic heterocycles. The van der Waals surface area contributed by atoms with E-state index in [4.69, 9.17) is 4.74 Å². The van der Waals surface area contributed by atoms with Gasteiger partial charge in [0, 0.05) is 13.1 Å². The van der Waals surface area contributed by atoms with Gasteiger partial charge in [0.2, 0.25) is 5.95 Å². The number of imidazole rings is 1. The maximum atomic E-state index is 12.4. The van der Waals surface area contributed by atoms with Crippen molar-refractivity contribution in [2.24, 2.45) is 7.05 Å². The van der Waals surface area contributed by atoms with E-state index in [9.17, 15) is 14.7 Å². The molecule has 3 aromatic rings. The van der Waals surface area contributed by atoms with Crippen molar-refractivity contribution >= 4 is 17.1 Å². The van der Waals surface area contributed by atoms with Crippen molar-refractivity contribution in [2.45, 2.75) is 39.5 Å². The Morgan fingerprint density at radius 2 is 1.93 bits per heavy atom. The van der Waals surface area contributed by atoms with Gasteiger partial charge in [0.1, 0.15) is 18.5 Å². The van der Waals surface area contributed by atoms with Crippen LogP contribution in [-0.4, -0.2) is 43.0 Å². The number of nitrogens with one attached hydrogen (secondary N) is 2. The third-order valence-electron chi connectivity index (χ3n) is 4.28. The van der Waals surface area contributed by atoms with Gasteiger partial charge in [-0.25, -0.2) is 4.79 Å². The molecule has 0 aliphatic carbocycles. The lowest BCUT2D eigenvalue weighted by Gasteiger charge is -2.17. The largest absolute Gasteiger partial charge is 0.491 e. The van der Waals surface area contributed by atoms with E-state index in [1.807, 2.05) is 45.0 Å². The van der Waals surface area contributed by atoms with Gasteiger partial charge in [0.05, 0.1) is 6.54 Å². The van der Waals surface area contributed by atoms with Crippen molar-refractivity contribution in [1.29, 1.82) is 0 Å². The van der Waals surface area contributed by atoms with Crippen LogP contribution in [0.25, 0.3) is 11.2 Å². The number of aryl methyl sites for hydroxylation is 2. The van der Waals surface area contributed by atoms with Crippen LogP contribution in [-0.2, 0) is 13.6 Å². The number of hydrogen-bond donors (Lipinski definition) is 3. The van der Waals surface area contributed by atoms with Gasteiger partial charge >= 0.3 is 5.69 Å². The van der Waals surface area contributed by atoms with E-state index in [1.54, 1.807) is 4.57 Å². The normalized spacial score (nSPS) is 12.5. The van der Waals surface area contributed by atoms with Crippen molar-refractivity contribution in [2.75, 3.05) is 11.9 Å². The zero-order valence-corrected chi connectivity index (χ0v) is 16.4. The van der Waals surface area contributed by atoms with Gasteiger partial charge in [-0.15, -0.1) is 0 Å². The van der Waals surface area contributed by atoms with Crippen LogP contribution in [0.4, 0.5) is 5.95 Å². The molecule has 1 atom stereocenters. The Balaban J connectivity index is 1.89. The standard InChI is InChI=1S/C19H25N5O4/c1-11(2)20-18-21-16-15(17(26)22-19(27)23(16)4)24(18)9-13(25)10-28-14-7-5-12(3)6-8-14/h5-8,11,13,25H,9-10H2,1-4H3,(H,20,21)(H,22,26,27)/t13-/m1/s1. The number of benzene rings is 1. The molecule has 3 N–H and O–H groups in total. The molecule has 0 saturated heterocycles. The van der Waals surface area contributed by atoms with Crippen molar-refractivity contribution in [3.63, 3.8) is 0 Å². The fourth-order valence-electron chi connectivity index (χ4n) is 2.87. The quantitative estimate of drug-likeness (QED) is 0.557. The van der Waals surface area contributed by atoms with Gasteiger partial charge in [-0.1, -0.05) is 17.7 Å². The molecule has 0 fully saturated rings.